The van der Waals surface area contributed by atoms with Crippen LogP contribution in [0.1, 0.15) is 23.0 Å². The average Bonchev–Trinajstić information content (AvgIpc) is 2.42. The first kappa shape index (κ1) is 15.5. The average molecular weight is 329 g/mol. The number of carboxylic acid groups (broad SMARTS) is 1. The van der Waals surface area contributed by atoms with Crippen molar-refractivity contribution in [2.75, 3.05) is 5.32 Å². The summed E-state index contributed by atoms with van der Waals surface area (Å²) >= 11 is 11.9. The van der Waals surface area contributed by atoms with Crippen LogP contribution in [0.2, 0.25) is 10.0 Å². The summed E-state index contributed by atoms with van der Waals surface area (Å²) in [6.45, 7) is 1.86. The third-order valence-electron chi connectivity index (χ3n) is 2.75. The number of aromatic nitrogens is 1. The van der Waals surface area contributed by atoms with Crippen LogP contribution in [-0.4, -0.2) is 16.1 Å². The maximum absolute atomic E-state index is 13.1. The summed E-state index contributed by atoms with van der Waals surface area (Å²) in [6.07, 6.45) is 0.570. The first-order valence-corrected chi connectivity index (χ1v) is 6.82. The van der Waals surface area contributed by atoms with Gasteiger partial charge in [-0.3, -0.25) is 0 Å². The van der Waals surface area contributed by atoms with Crippen LogP contribution >= 0.6 is 23.2 Å². The second-order valence-corrected chi connectivity index (χ2v) is 5.07. The van der Waals surface area contributed by atoms with Gasteiger partial charge in [0, 0.05) is 5.69 Å². The first-order chi connectivity index (χ1) is 9.90. The highest BCUT2D eigenvalue weighted by Gasteiger charge is 2.12. The van der Waals surface area contributed by atoms with Crippen LogP contribution in [0.5, 0.6) is 0 Å². The third kappa shape index (κ3) is 3.62. The molecule has 7 heteroatoms. The molecule has 4 nitrogen and oxygen atoms in total. The molecule has 0 saturated heterocycles. The Kier molecular flexibility index (Phi) is 4.65. The minimum absolute atomic E-state index is 0.0839. The van der Waals surface area contributed by atoms with E-state index in [1.165, 1.54) is 12.1 Å². The topological polar surface area (TPSA) is 62.2 Å². The lowest BCUT2D eigenvalue weighted by molar-refractivity contribution is 0.0696. The molecular formula is C14H11Cl2FN2O2. The maximum Gasteiger partial charge on any atom is 0.335 e. The van der Waals surface area contributed by atoms with E-state index in [0.29, 0.717) is 12.1 Å². The minimum atomic E-state index is -1.06. The summed E-state index contributed by atoms with van der Waals surface area (Å²) in [6, 6.07) is 5.06. The summed E-state index contributed by atoms with van der Waals surface area (Å²) in [4.78, 5) is 15.3. The summed E-state index contributed by atoms with van der Waals surface area (Å²) in [5.74, 6) is -1.34. The largest absolute Gasteiger partial charge is 0.478 e. The Bertz CT molecular complexity index is 684. The van der Waals surface area contributed by atoms with Crippen molar-refractivity contribution in [3.05, 3.63) is 51.4 Å². The molecule has 0 saturated carbocycles. The number of halogens is 3. The van der Waals surface area contributed by atoms with Crippen molar-refractivity contribution < 1.29 is 14.3 Å². The fourth-order valence-electron chi connectivity index (χ4n) is 1.75. The number of carbonyl (C=O) groups is 1. The van der Waals surface area contributed by atoms with Gasteiger partial charge in [0.15, 0.2) is 0 Å². The van der Waals surface area contributed by atoms with E-state index in [2.05, 4.69) is 10.3 Å². The van der Waals surface area contributed by atoms with Crippen molar-refractivity contribution in [1.82, 2.24) is 4.98 Å². The molecule has 0 fully saturated rings. The van der Waals surface area contributed by atoms with Crippen molar-refractivity contribution >= 4 is 40.7 Å². The van der Waals surface area contributed by atoms with Crippen molar-refractivity contribution in [1.29, 1.82) is 0 Å². The van der Waals surface area contributed by atoms with Gasteiger partial charge in [-0.05, 0) is 30.7 Å². The van der Waals surface area contributed by atoms with Gasteiger partial charge in [-0.1, -0.05) is 30.1 Å². The number of nitrogens with zero attached hydrogens (tertiary/aromatic N) is 1. The zero-order chi connectivity index (χ0) is 15.6. The SMILES string of the molecule is CCc1cc(C(=O)O)cc(Nc2c(Cl)cc(F)cc2Cl)n1. The monoisotopic (exact) mass is 328 g/mol. The van der Waals surface area contributed by atoms with E-state index in [-0.39, 0.29) is 27.1 Å². The standard InChI is InChI=1S/C14H11Cl2FN2O2/c1-2-9-3-7(14(20)21)4-12(18-9)19-13-10(15)5-8(17)6-11(13)16/h3-6H,2H2,1H3,(H,18,19)(H,20,21). The summed E-state index contributed by atoms with van der Waals surface area (Å²) in [5, 5.41) is 12.1. The molecule has 0 radical (unpaired) electrons. The van der Waals surface area contributed by atoms with E-state index in [4.69, 9.17) is 28.3 Å². The van der Waals surface area contributed by atoms with Gasteiger partial charge in [0.2, 0.25) is 0 Å². The molecule has 1 aromatic heterocycles. The third-order valence-corrected chi connectivity index (χ3v) is 3.34. The second kappa shape index (κ2) is 6.28. The predicted octanol–water partition coefficient (Wildman–Crippen LogP) is 4.53. The molecule has 1 heterocycles. The maximum atomic E-state index is 13.1. The molecule has 1 aromatic carbocycles. The molecule has 2 N–H and O–H groups in total. The van der Waals surface area contributed by atoms with E-state index >= 15 is 0 Å². The number of aryl methyl sites for hydroxylation is 1. The second-order valence-electron chi connectivity index (χ2n) is 4.26. The summed E-state index contributed by atoms with van der Waals surface area (Å²) < 4.78 is 13.1. The molecule has 0 aliphatic heterocycles. The minimum Gasteiger partial charge on any atom is -0.478 e. The highest BCUT2D eigenvalue weighted by molar-refractivity contribution is 6.39. The highest BCUT2D eigenvalue weighted by atomic mass is 35.5. The Labute approximate surface area is 130 Å². The highest BCUT2D eigenvalue weighted by Crippen LogP contribution is 2.33. The molecular weight excluding hydrogens is 318 g/mol. The van der Waals surface area contributed by atoms with Crippen LogP contribution in [0.25, 0.3) is 0 Å². The quantitative estimate of drug-likeness (QED) is 0.865. The Morgan fingerprint density at radius 1 is 1.29 bits per heavy atom. The zero-order valence-electron chi connectivity index (χ0n) is 11.0. The number of anilines is 2. The lowest BCUT2D eigenvalue weighted by atomic mass is 10.2. The molecule has 0 unspecified atom stereocenters. The zero-order valence-corrected chi connectivity index (χ0v) is 12.5. The summed E-state index contributed by atoms with van der Waals surface area (Å²) in [5.41, 5.74) is 0.974. The van der Waals surface area contributed by atoms with Crippen LogP contribution in [0, 0.1) is 5.82 Å². The number of hydrogen-bond acceptors (Lipinski definition) is 3. The van der Waals surface area contributed by atoms with Crippen LogP contribution in [0.4, 0.5) is 15.9 Å². The van der Waals surface area contributed by atoms with E-state index < -0.39 is 11.8 Å². The molecule has 0 bridgehead atoms. The number of benzene rings is 1. The normalized spacial score (nSPS) is 10.5. The van der Waals surface area contributed by atoms with Crippen molar-refractivity contribution in [3.63, 3.8) is 0 Å². The van der Waals surface area contributed by atoms with E-state index in [1.54, 1.807) is 0 Å². The molecule has 0 aliphatic carbocycles. The number of nitrogens with one attached hydrogen (secondary N) is 1. The van der Waals surface area contributed by atoms with Gasteiger partial charge in [-0.15, -0.1) is 0 Å². The van der Waals surface area contributed by atoms with Gasteiger partial charge >= 0.3 is 5.97 Å². The van der Waals surface area contributed by atoms with Crippen molar-refractivity contribution in [2.45, 2.75) is 13.3 Å². The number of hydrogen-bond donors (Lipinski definition) is 2. The molecule has 2 aromatic rings. The Morgan fingerprint density at radius 2 is 1.90 bits per heavy atom. The Hall–Kier alpha value is -1.85. The molecule has 110 valence electrons. The molecule has 21 heavy (non-hydrogen) atoms. The van der Waals surface area contributed by atoms with Gasteiger partial charge in [-0.2, -0.15) is 0 Å². The number of carboxylic acids is 1. The van der Waals surface area contributed by atoms with Crippen LogP contribution in [-0.2, 0) is 6.42 Å². The predicted molar refractivity (Wildman–Crippen MR) is 80.3 cm³/mol. The fraction of sp³-hybridized carbons (Fsp3) is 0.143. The van der Waals surface area contributed by atoms with E-state index in [0.717, 1.165) is 12.1 Å². The van der Waals surface area contributed by atoms with Gasteiger partial charge in [0.1, 0.15) is 11.6 Å². The van der Waals surface area contributed by atoms with Gasteiger partial charge in [0.25, 0.3) is 0 Å². The lowest BCUT2D eigenvalue weighted by Crippen LogP contribution is -2.04. The smallest absolute Gasteiger partial charge is 0.335 e. The van der Waals surface area contributed by atoms with E-state index in [1.807, 2.05) is 6.92 Å². The van der Waals surface area contributed by atoms with Crippen molar-refractivity contribution in [2.24, 2.45) is 0 Å². The summed E-state index contributed by atoms with van der Waals surface area (Å²) in [7, 11) is 0. The van der Waals surface area contributed by atoms with E-state index in [9.17, 15) is 9.18 Å². The van der Waals surface area contributed by atoms with Crippen LogP contribution < -0.4 is 5.32 Å². The molecule has 0 spiro atoms. The molecule has 0 amide bonds. The number of pyridine rings is 1. The van der Waals surface area contributed by atoms with Crippen molar-refractivity contribution in [3.8, 4) is 0 Å². The number of aromatic carboxylic acids is 1. The van der Waals surface area contributed by atoms with Gasteiger partial charge in [0.05, 0.1) is 21.3 Å². The van der Waals surface area contributed by atoms with Gasteiger partial charge in [-0.25, -0.2) is 14.2 Å². The van der Waals surface area contributed by atoms with Crippen LogP contribution in [0.3, 0.4) is 0 Å². The molecule has 0 atom stereocenters. The number of rotatable bonds is 4. The van der Waals surface area contributed by atoms with Gasteiger partial charge < -0.3 is 10.4 Å². The Balaban J connectivity index is 2.44. The molecule has 0 aliphatic rings. The first-order valence-electron chi connectivity index (χ1n) is 6.06. The fourth-order valence-corrected chi connectivity index (χ4v) is 2.30. The molecule has 2 rings (SSSR count). The van der Waals surface area contributed by atoms with Crippen LogP contribution in [0.15, 0.2) is 24.3 Å². The Morgan fingerprint density at radius 3 is 2.43 bits per heavy atom. The lowest BCUT2D eigenvalue weighted by Gasteiger charge is -2.11.